The number of carbonyl (C=O) groups is 1. The van der Waals surface area contributed by atoms with E-state index < -0.39 is 0 Å². The lowest BCUT2D eigenvalue weighted by Crippen LogP contribution is -2.51. The van der Waals surface area contributed by atoms with Crippen LogP contribution in [-0.2, 0) is 16.0 Å². The van der Waals surface area contributed by atoms with Crippen LogP contribution in [-0.4, -0.2) is 12.1 Å². The fraction of sp³-hybridized carbons (Fsp3) is 0.775. The van der Waals surface area contributed by atoms with E-state index >= 15 is 0 Å². The molecule has 0 amide bonds. The van der Waals surface area contributed by atoms with Crippen molar-refractivity contribution >= 4 is 79.4 Å². The summed E-state index contributed by atoms with van der Waals surface area (Å²) in [4.78, 5) is 12.9. The van der Waals surface area contributed by atoms with Gasteiger partial charge in [0.15, 0.2) is 0 Å². The number of rotatable bonds is 13. The van der Waals surface area contributed by atoms with Gasteiger partial charge in [-0.1, -0.05) is 78.4 Å². The van der Waals surface area contributed by atoms with Crippen molar-refractivity contribution < 1.29 is 9.53 Å². The lowest BCUT2D eigenvalue weighted by Gasteiger charge is -2.58. The van der Waals surface area contributed by atoms with Gasteiger partial charge in [-0.3, -0.25) is 4.79 Å². The van der Waals surface area contributed by atoms with E-state index in [0.717, 1.165) is 89.7 Å². The van der Waals surface area contributed by atoms with Crippen molar-refractivity contribution in [3.63, 3.8) is 0 Å². The van der Waals surface area contributed by atoms with Crippen LogP contribution in [0, 0.1) is 57.0 Å². The van der Waals surface area contributed by atoms with Crippen molar-refractivity contribution in [2.24, 2.45) is 46.3 Å². The topological polar surface area (TPSA) is 52.3 Å². The zero-order chi connectivity index (χ0) is 33.2. The average Bonchev–Trinajstić information content (AvgIpc) is 3.36. The average molecular weight is 968 g/mol. The minimum Gasteiger partial charge on any atom is -0.462 e. The van der Waals surface area contributed by atoms with Crippen LogP contribution in [0.25, 0.3) is 0 Å². The molecule has 0 aromatic heterocycles. The van der Waals surface area contributed by atoms with Gasteiger partial charge in [-0.2, -0.15) is 0 Å². The number of allylic oxidation sites excluding steroid dienone is 1. The molecule has 6 heteroatoms. The van der Waals surface area contributed by atoms with Gasteiger partial charge >= 0.3 is 5.97 Å². The summed E-state index contributed by atoms with van der Waals surface area (Å²) in [6.07, 6.45) is 23.0. The van der Waals surface area contributed by atoms with Crippen molar-refractivity contribution in [1.82, 2.24) is 0 Å². The summed E-state index contributed by atoms with van der Waals surface area (Å²) in [6, 6.07) is 2.19. The summed E-state index contributed by atoms with van der Waals surface area (Å²) >= 11 is 7.15. The maximum absolute atomic E-state index is 12.9. The Kier molecular flexibility index (Phi) is 13.3. The molecule has 3 fully saturated rings. The van der Waals surface area contributed by atoms with Crippen LogP contribution in [0.15, 0.2) is 17.7 Å². The molecule has 0 saturated heterocycles. The molecule has 0 unspecified atom stereocenters. The molecule has 46 heavy (non-hydrogen) atoms. The molecule has 8 atom stereocenters. The lowest BCUT2D eigenvalue weighted by atomic mass is 9.47. The Morgan fingerprint density at radius 1 is 0.935 bits per heavy atom. The van der Waals surface area contributed by atoms with E-state index in [-0.39, 0.29) is 12.1 Å². The molecule has 3 saturated carbocycles. The third-order valence-corrected chi connectivity index (χ3v) is 16.5. The quantitative estimate of drug-likeness (QED) is 0.0705. The maximum atomic E-state index is 12.9. The highest BCUT2D eigenvalue weighted by atomic mass is 127. The molecule has 1 aromatic carbocycles. The molecule has 0 radical (unpaired) electrons. The predicted octanol–water partition coefficient (Wildman–Crippen LogP) is 12.5. The van der Waals surface area contributed by atoms with Gasteiger partial charge in [0, 0.05) is 23.6 Å². The smallest absolute Gasteiger partial charge is 0.306 e. The Labute approximate surface area is 322 Å². The van der Waals surface area contributed by atoms with E-state index in [2.05, 4.69) is 115 Å². The second kappa shape index (κ2) is 16.2. The molecule has 4 aliphatic rings. The standard InChI is InChI=1S/C40H60I3NO2/c1-25(2)11-10-12-26(3)31-17-18-32-29-16-15-27-23-28(19-21-39(27,4)33(29)20-22-40(31,32)5)46-36(45)14-9-7-6-8-13-30-34(41)24-35(42)38(44)37(30)43/h15,24-26,28-29,31-33H,6-14,16-23,44H2,1-5H3/t26-,28+,29+,31-,32+,33+,39+,40-/m1/s1. The fourth-order valence-electron chi connectivity index (χ4n) is 10.8. The van der Waals surface area contributed by atoms with Crippen LogP contribution in [0.4, 0.5) is 5.69 Å². The van der Waals surface area contributed by atoms with Crippen LogP contribution in [0.5, 0.6) is 0 Å². The summed E-state index contributed by atoms with van der Waals surface area (Å²) in [5.41, 5.74) is 11.0. The number of carbonyl (C=O) groups excluding carboxylic acids is 1. The van der Waals surface area contributed by atoms with Crippen LogP contribution in [0.2, 0.25) is 0 Å². The zero-order valence-electron chi connectivity index (χ0n) is 29.2. The highest BCUT2D eigenvalue weighted by molar-refractivity contribution is 14.1. The van der Waals surface area contributed by atoms with E-state index in [4.69, 9.17) is 10.5 Å². The number of unbranched alkanes of at least 4 members (excludes halogenated alkanes) is 3. The van der Waals surface area contributed by atoms with E-state index in [1.807, 2.05) is 0 Å². The number of nitrogen functional groups attached to an aromatic ring is 1. The second-order valence-electron chi connectivity index (χ2n) is 16.6. The highest BCUT2D eigenvalue weighted by Crippen LogP contribution is 2.67. The van der Waals surface area contributed by atoms with Crippen molar-refractivity contribution in [1.29, 1.82) is 0 Å². The van der Waals surface area contributed by atoms with Crippen LogP contribution >= 0.6 is 67.8 Å². The minimum atomic E-state index is 0.0188. The Morgan fingerprint density at radius 2 is 1.70 bits per heavy atom. The summed E-state index contributed by atoms with van der Waals surface area (Å²) in [5, 5.41) is 0. The number of fused-ring (bicyclic) bond motifs is 5. The first-order valence-corrected chi connectivity index (χ1v) is 21.9. The Hall–Kier alpha value is 0.420. The number of anilines is 1. The molecule has 0 spiro atoms. The summed E-state index contributed by atoms with van der Waals surface area (Å²) < 4.78 is 9.78. The van der Waals surface area contributed by atoms with Gasteiger partial charge in [0.25, 0.3) is 0 Å². The van der Waals surface area contributed by atoms with Gasteiger partial charge in [0.05, 0.1) is 5.69 Å². The minimum absolute atomic E-state index is 0.0188. The SMILES string of the molecule is CC(C)CCC[C@@H](C)[C@H]1CC[C@H]2[C@@H]3CC=C4C[C@@H](OC(=O)CCCCCCc5c(I)cc(I)c(N)c5I)CC[C@]4(C)[C@H]3CC[C@]12C. The molecule has 2 N–H and O–H groups in total. The highest BCUT2D eigenvalue weighted by Gasteiger charge is 2.59. The third kappa shape index (κ3) is 8.14. The number of ether oxygens (including phenoxy) is 1. The first-order valence-electron chi connectivity index (χ1n) is 18.7. The van der Waals surface area contributed by atoms with Crippen molar-refractivity contribution in [2.75, 3.05) is 5.73 Å². The van der Waals surface area contributed by atoms with E-state index in [1.54, 1.807) is 5.57 Å². The number of esters is 1. The van der Waals surface area contributed by atoms with E-state index in [0.29, 0.717) is 17.3 Å². The Balaban J connectivity index is 1.07. The Bertz CT molecular complexity index is 1260. The molecule has 0 aliphatic heterocycles. The number of hydrogen-bond acceptors (Lipinski definition) is 3. The van der Waals surface area contributed by atoms with Gasteiger partial charge < -0.3 is 10.5 Å². The monoisotopic (exact) mass is 967 g/mol. The third-order valence-electron chi connectivity index (χ3n) is 13.4. The zero-order valence-corrected chi connectivity index (χ0v) is 35.7. The molecule has 0 heterocycles. The van der Waals surface area contributed by atoms with E-state index in [1.165, 1.54) is 70.5 Å². The van der Waals surface area contributed by atoms with Gasteiger partial charge in [-0.05, 0) is 190 Å². The van der Waals surface area contributed by atoms with Gasteiger partial charge in [-0.25, -0.2) is 0 Å². The van der Waals surface area contributed by atoms with Crippen LogP contribution in [0.3, 0.4) is 0 Å². The van der Waals surface area contributed by atoms with Gasteiger partial charge in [-0.15, -0.1) is 0 Å². The first kappa shape index (κ1) is 37.7. The molecule has 3 nitrogen and oxygen atoms in total. The van der Waals surface area contributed by atoms with Crippen molar-refractivity contribution in [2.45, 2.75) is 150 Å². The molecular weight excluding hydrogens is 907 g/mol. The number of hydrogen-bond donors (Lipinski definition) is 1. The first-order chi connectivity index (χ1) is 21.8. The predicted molar refractivity (Wildman–Crippen MR) is 219 cm³/mol. The van der Waals surface area contributed by atoms with Gasteiger partial charge in [0.1, 0.15) is 6.10 Å². The summed E-state index contributed by atoms with van der Waals surface area (Å²) in [7, 11) is 0. The number of halogens is 3. The van der Waals surface area contributed by atoms with Crippen molar-refractivity contribution in [3.8, 4) is 0 Å². The van der Waals surface area contributed by atoms with Gasteiger partial charge in [0.2, 0.25) is 0 Å². The summed E-state index contributed by atoms with van der Waals surface area (Å²) in [6.45, 7) is 12.6. The summed E-state index contributed by atoms with van der Waals surface area (Å²) in [5.74, 6) is 5.21. The molecule has 0 bridgehead atoms. The normalized spacial score (nSPS) is 32.8. The van der Waals surface area contributed by atoms with Crippen LogP contribution < -0.4 is 5.73 Å². The molecular formula is C40H60I3NO2. The largest absolute Gasteiger partial charge is 0.462 e. The molecule has 1 aromatic rings. The molecule has 5 rings (SSSR count). The molecule has 258 valence electrons. The lowest BCUT2D eigenvalue weighted by molar-refractivity contribution is -0.151. The number of nitrogens with two attached hydrogens (primary N) is 1. The molecule has 4 aliphatic carbocycles. The van der Waals surface area contributed by atoms with E-state index in [9.17, 15) is 4.79 Å². The maximum Gasteiger partial charge on any atom is 0.306 e. The second-order valence-corrected chi connectivity index (χ2v) is 20.0. The van der Waals surface area contributed by atoms with Crippen molar-refractivity contribution in [3.05, 3.63) is 34.0 Å². The Morgan fingerprint density at radius 3 is 2.46 bits per heavy atom. The fourth-order valence-corrected chi connectivity index (χ4v) is 14.7. The number of benzene rings is 1. The van der Waals surface area contributed by atoms with Crippen LogP contribution in [0.1, 0.15) is 143 Å².